The van der Waals surface area contributed by atoms with Crippen LogP contribution in [0.4, 0.5) is 0 Å². The smallest absolute Gasteiger partial charge is 0.154 e. The zero-order chi connectivity index (χ0) is 11.4. The average Bonchev–Trinajstić information content (AvgIpc) is 2.40. The van der Waals surface area contributed by atoms with Gasteiger partial charge in [-0.2, -0.15) is 0 Å². The molecular weight excluding hydrogens is 202 g/mol. The molecule has 0 aliphatic carbocycles. The molecular formula is C13H13NO2. The number of pyridine rings is 1. The van der Waals surface area contributed by atoms with Gasteiger partial charge in [0.05, 0.1) is 12.3 Å². The van der Waals surface area contributed by atoms with E-state index in [1.54, 1.807) is 36.5 Å². The third-order valence-corrected chi connectivity index (χ3v) is 2.57. The first-order valence-corrected chi connectivity index (χ1v) is 5.07. The van der Waals surface area contributed by atoms with Gasteiger partial charge in [0, 0.05) is 6.20 Å². The molecule has 3 nitrogen and oxygen atoms in total. The van der Waals surface area contributed by atoms with E-state index in [2.05, 4.69) is 4.98 Å². The molecule has 1 aromatic carbocycles. The fourth-order valence-electron chi connectivity index (χ4n) is 1.64. The van der Waals surface area contributed by atoms with Crippen LogP contribution in [-0.2, 0) is 5.60 Å². The molecule has 0 fully saturated rings. The van der Waals surface area contributed by atoms with Crippen molar-refractivity contribution in [1.82, 2.24) is 4.98 Å². The molecule has 0 radical (unpaired) electrons. The van der Waals surface area contributed by atoms with Crippen LogP contribution in [0.3, 0.4) is 0 Å². The molecule has 2 aromatic rings. The first-order chi connectivity index (χ1) is 7.77. The lowest BCUT2D eigenvalue weighted by molar-refractivity contribution is 0.0137. The molecule has 0 spiro atoms. The van der Waals surface area contributed by atoms with Crippen LogP contribution in [0.2, 0.25) is 0 Å². The number of rotatable bonds is 3. The van der Waals surface area contributed by atoms with Crippen molar-refractivity contribution in [2.45, 2.75) is 5.60 Å². The van der Waals surface area contributed by atoms with Gasteiger partial charge in [0.1, 0.15) is 0 Å². The van der Waals surface area contributed by atoms with E-state index in [4.69, 9.17) is 0 Å². The van der Waals surface area contributed by atoms with E-state index >= 15 is 0 Å². The summed E-state index contributed by atoms with van der Waals surface area (Å²) in [5, 5.41) is 19.9. The van der Waals surface area contributed by atoms with Gasteiger partial charge in [-0.05, 0) is 17.7 Å². The summed E-state index contributed by atoms with van der Waals surface area (Å²) in [6.07, 6.45) is 1.60. The van der Waals surface area contributed by atoms with Gasteiger partial charge in [0.25, 0.3) is 0 Å². The lowest BCUT2D eigenvalue weighted by atomic mass is 9.91. The maximum absolute atomic E-state index is 10.5. The molecule has 16 heavy (non-hydrogen) atoms. The molecule has 0 amide bonds. The zero-order valence-electron chi connectivity index (χ0n) is 8.74. The van der Waals surface area contributed by atoms with Crippen LogP contribution in [-0.4, -0.2) is 21.8 Å². The highest BCUT2D eigenvalue weighted by Crippen LogP contribution is 2.26. The fourth-order valence-corrected chi connectivity index (χ4v) is 1.64. The molecule has 82 valence electrons. The van der Waals surface area contributed by atoms with Crippen molar-refractivity contribution in [3.8, 4) is 0 Å². The number of nitrogens with zero attached hydrogens (tertiary/aromatic N) is 1. The maximum atomic E-state index is 10.5. The van der Waals surface area contributed by atoms with Gasteiger partial charge in [-0.25, -0.2) is 0 Å². The molecule has 0 aliphatic rings. The van der Waals surface area contributed by atoms with Crippen molar-refractivity contribution < 1.29 is 10.2 Å². The number of aliphatic hydroxyl groups excluding tert-OH is 1. The largest absolute Gasteiger partial charge is 0.393 e. The van der Waals surface area contributed by atoms with Crippen LogP contribution in [0.5, 0.6) is 0 Å². The maximum Gasteiger partial charge on any atom is 0.154 e. The molecule has 1 unspecified atom stereocenters. The third-order valence-electron chi connectivity index (χ3n) is 2.57. The van der Waals surface area contributed by atoms with Crippen LogP contribution < -0.4 is 0 Å². The number of hydrogen-bond donors (Lipinski definition) is 2. The van der Waals surface area contributed by atoms with E-state index in [0.29, 0.717) is 11.3 Å². The molecule has 0 aliphatic heterocycles. The van der Waals surface area contributed by atoms with Gasteiger partial charge in [0.2, 0.25) is 0 Å². The predicted molar refractivity (Wildman–Crippen MR) is 60.8 cm³/mol. The van der Waals surface area contributed by atoms with Crippen LogP contribution >= 0.6 is 0 Å². The SMILES string of the molecule is OCC(O)(c1ccccc1)c1ccccn1. The van der Waals surface area contributed by atoms with Crippen molar-refractivity contribution in [3.63, 3.8) is 0 Å². The molecule has 2 N–H and O–H groups in total. The van der Waals surface area contributed by atoms with E-state index in [9.17, 15) is 10.2 Å². The van der Waals surface area contributed by atoms with Crippen LogP contribution in [0.15, 0.2) is 54.7 Å². The van der Waals surface area contributed by atoms with Gasteiger partial charge in [-0.3, -0.25) is 4.98 Å². The average molecular weight is 215 g/mol. The Bertz CT molecular complexity index is 403. The molecule has 0 saturated carbocycles. The quantitative estimate of drug-likeness (QED) is 0.811. The van der Waals surface area contributed by atoms with E-state index in [1.807, 2.05) is 18.2 Å². The Morgan fingerprint density at radius 3 is 2.25 bits per heavy atom. The Balaban J connectivity index is 2.49. The van der Waals surface area contributed by atoms with Crippen LogP contribution in [0.1, 0.15) is 11.3 Å². The summed E-state index contributed by atoms with van der Waals surface area (Å²) in [7, 11) is 0. The van der Waals surface area contributed by atoms with Crippen LogP contribution in [0.25, 0.3) is 0 Å². The van der Waals surface area contributed by atoms with E-state index in [1.165, 1.54) is 0 Å². The molecule has 1 atom stereocenters. The summed E-state index contributed by atoms with van der Waals surface area (Å²) in [6, 6.07) is 14.3. The van der Waals surface area contributed by atoms with Crippen molar-refractivity contribution in [2.75, 3.05) is 6.61 Å². The summed E-state index contributed by atoms with van der Waals surface area (Å²) < 4.78 is 0. The second kappa shape index (κ2) is 4.43. The summed E-state index contributed by atoms with van der Waals surface area (Å²) in [5.41, 5.74) is -0.345. The van der Waals surface area contributed by atoms with E-state index < -0.39 is 12.2 Å². The predicted octanol–water partition coefficient (Wildman–Crippen LogP) is 1.31. The molecule has 0 bridgehead atoms. The van der Waals surface area contributed by atoms with E-state index in [-0.39, 0.29) is 0 Å². The second-order valence-corrected chi connectivity index (χ2v) is 3.60. The Labute approximate surface area is 94.0 Å². The highest BCUT2D eigenvalue weighted by molar-refractivity contribution is 5.32. The zero-order valence-corrected chi connectivity index (χ0v) is 8.74. The van der Waals surface area contributed by atoms with Crippen molar-refractivity contribution in [2.24, 2.45) is 0 Å². The monoisotopic (exact) mass is 215 g/mol. The standard InChI is InChI=1S/C13H13NO2/c15-10-13(16,11-6-2-1-3-7-11)12-8-4-5-9-14-12/h1-9,15-16H,10H2. The highest BCUT2D eigenvalue weighted by Gasteiger charge is 2.31. The molecule has 1 heterocycles. The summed E-state index contributed by atoms with van der Waals surface area (Å²) in [4.78, 5) is 4.09. The molecule has 2 rings (SSSR count). The number of hydrogen-bond acceptors (Lipinski definition) is 3. The Hall–Kier alpha value is -1.71. The summed E-state index contributed by atoms with van der Waals surface area (Å²) >= 11 is 0. The minimum Gasteiger partial charge on any atom is -0.393 e. The van der Waals surface area contributed by atoms with Crippen LogP contribution in [0, 0.1) is 0 Å². The van der Waals surface area contributed by atoms with Crippen molar-refractivity contribution in [1.29, 1.82) is 0 Å². The van der Waals surface area contributed by atoms with Gasteiger partial charge in [0.15, 0.2) is 5.60 Å². The minimum absolute atomic E-state index is 0.395. The molecule has 0 saturated heterocycles. The summed E-state index contributed by atoms with van der Waals surface area (Å²) in [6.45, 7) is -0.395. The lowest BCUT2D eigenvalue weighted by Gasteiger charge is -2.25. The topological polar surface area (TPSA) is 53.4 Å². The highest BCUT2D eigenvalue weighted by atomic mass is 16.3. The number of aliphatic hydroxyl groups is 2. The second-order valence-electron chi connectivity index (χ2n) is 3.60. The first kappa shape index (κ1) is 10.8. The molecule has 3 heteroatoms. The molecule has 1 aromatic heterocycles. The third kappa shape index (κ3) is 1.83. The summed E-state index contributed by atoms with van der Waals surface area (Å²) in [5.74, 6) is 0. The fraction of sp³-hybridized carbons (Fsp3) is 0.154. The first-order valence-electron chi connectivity index (χ1n) is 5.07. The van der Waals surface area contributed by atoms with Crippen molar-refractivity contribution in [3.05, 3.63) is 66.0 Å². The normalized spacial score (nSPS) is 14.4. The Kier molecular flexibility index (Phi) is 2.99. The van der Waals surface area contributed by atoms with E-state index in [0.717, 1.165) is 0 Å². The Morgan fingerprint density at radius 2 is 1.69 bits per heavy atom. The number of benzene rings is 1. The number of aromatic nitrogens is 1. The van der Waals surface area contributed by atoms with Gasteiger partial charge in [-0.15, -0.1) is 0 Å². The van der Waals surface area contributed by atoms with Gasteiger partial charge >= 0.3 is 0 Å². The van der Waals surface area contributed by atoms with Gasteiger partial charge < -0.3 is 10.2 Å². The Morgan fingerprint density at radius 1 is 1.00 bits per heavy atom. The van der Waals surface area contributed by atoms with Crippen molar-refractivity contribution >= 4 is 0 Å². The lowest BCUT2D eigenvalue weighted by Crippen LogP contribution is -2.32. The van der Waals surface area contributed by atoms with Gasteiger partial charge in [-0.1, -0.05) is 36.4 Å². The minimum atomic E-state index is -1.43.